The van der Waals surface area contributed by atoms with Gasteiger partial charge in [0, 0.05) is 18.1 Å². The first-order valence-electron chi connectivity index (χ1n) is 8.55. The molecule has 3 aromatic rings. The quantitative estimate of drug-likeness (QED) is 0.610. The van der Waals surface area contributed by atoms with Gasteiger partial charge in [0.25, 0.3) is 0 Å². The number of rotatable bonds is 7. The van der Waals surface area contributed by atoms with Gasteiger partial charge in [-0.2, -0.15) is 0 Å². The van der Waals surface area contributed by atoms with Crippen LogP contribution in [0.1, 0.15) is 16.7 Å². The minimum atomic E-state index is -3.74. The van der Waals surface area contributed by atoms with Crippen molar-refractivity contribution in [2.45, 2.75) is 24.1 Å². The van der Waals surface area contributed by atoms with E-state index < -0.39 is 20.0 Å². The Labute approximate surface area is 164 Å². The van der Waals surface area contributed by atoms with Gasteiger partial charge >= 0.3 is 0 Å². The molecule has 7 nitrogen and oxygen atoms in total. The maximum absolute atomic E-state index is 12.8. The van der Waals surface area contributed by atoms with E-state index in [0.29, 0.717) is 16.5 Å². The summed E-state index contributed by atoms with van der Waals surface area (Å²) in [5.41, 5.74) is 2.91. The lowest BCUT2D eigenvalue weighted by Gasteiger charge is -2.11. The van der Waals surface area contributed by atoms with Crippen molar-refractivity contribution in [1.82, 2.24) is 14.4 Å². The standard InChI is InChI=1S/C19H21N3O4S2/c1-14-5-10-18(17-4-3-11-21-19(14)17)28(25,26)22-12-15-6-8-16(9-7-15)13-27(23,24)20-2/h3-11,20,22H,12-13H2,1-2H3. The van der Waals surface area contributed by atoms with E-state index in [1.165, 1.54) is 7.05 Å². The Kier molecular flexibility index (Phi) is 5.80. The summed E-state index contributed by atoms with van der Waals surface area (Å²) < 4.78 is 53.6. The molecule has 0 saturated heterocycles. The molecule has 0 saturated carbocycles. The van der Waals surface area contributed by atoms with Crippen molar-refractivity contribution in [3.05, 3.63) is 71.4 Å². The normalized spacial score (nSPS) is 12.4. The molecule has 2 N–H and O–H groups in total. The van der Waals surface area contributed by atoms with Gasteiger partial charge in [-0.1, -0.05) is 30.3 Å². The van der Waals surface area contributed by atoms with Crippen molar-refractivity contribution in [3.63, 3.8) is 0 Å². The fourth-order valence-electron chi connectivity index (χ4n) is 2.82. The van der Waals surface area contributed by atoms with Crippen LogP contribution in [0, 0.1) is 6.92 Å². The second-order valence-electron chi connectivity index (χ2n) is 6.38. The number of pyridine rings is 1. The third-order valence-electron chi connectivity index (χ3n) is 4.38. The molecule has 1 aromatic heterocycles. The van der Waals surface area contributed by atoms with E-state index in [1.54, 1.807) is 54.7 Å². The molecule has 0 aliphatic heterocycles. The van der Waals surface area contributed by atoms with E-state index in [-0.39, 0.29) is 17.2 Å². The molecule has 2 aromatic carbocycles. The van der Waals surface area contributed by atoms with Crippen molar-refractivity contribution in [2.24, 2.45) is 0 Å². The van der Waals surface area contributed by atoms with Crippen LogP contribution < -0.4 is 9.44 Å². The fourth-order valence-corrected chi connectivity index (χ4v) is 4.81. The topological polar surface area (TPSA) is 105 Å². The second-order valence-corrected chi connectivity index (χ2v) is 10.0. The van der Waals surface area contributed by atoms with Crippen LogP contribution in [-0.4, -0.2) is 28.9 Å². The Morgan fingerprint density at radius 2 is 1.61 bits per heavy atom. The van der Waals surface area contributed by atoms with E-state index in [2.05, 4.69) is 14.4 Å². The third kappa shape index (κ3) is 4.56. The first kappa shape index (κ1) is 20.4. The Balaban J connectivity index is 1.78. The zero-order chi connectivity index (χ0) is 20.4. The van der Waals surface area contributed by atoms with Gasteiger partial charge in [0.1, 0.15) is 0 Å². The highest BCUT2D eigenvalue weighted by Gasteiger charge is 2.18. The van der Waals surface area contributed by atoms with Gasteiger partial charge in [-0.3, -0.25) is 4.98 Å². The van der Waals surface area contributed by atoms with Crippen LogP contribution in [0.15, 0.2) is 59.6 Å². The molecule has 148 valence electrons. The molecule has 0 fully saturated rings. The summed E-state index contributed by atoms with van der Waals surface area (Å²) in [6, 6.07) is 13.5. The Hall–Kier alpha value is -2.33. The maximum atomic E-state index is 12.8. The van der Waals surface area contributed by atoms with E-state index >= 15 is 0 Å². The van der Waals surface area contributed by atoms with E-state index in [0.717, 1.165) is 11.1 Å². The number of sulfonamides is 2. The Bertz CT molecular complexity index is 1210. The fraction of sp³-hybridized carbons (Fsp3) is 0.211. The third-order valence-corrected chi connectivity index (χ3v) is 7.17. The molecule has 0 radical (unpaired) electrons. The molecule has 0 bridgehead atoms. The molecular weight excluding hydrogens is 398 g/mol. The zero-order valence-electron chi connectivity index (χ0n) is 15.5. The van der Waals surface area contributed by atoms with Crippen molar-refractivity contribution in [1.29, 1.82) is 0 Å². The number of hydrogen-bond donors (Lipinski definition) is 2. The summed E-state index contributed by atoms with van der Waals surface area (Å²) in [4.78, 5) is 4.45. The van der Waals surface area contributed by atoms with Crippen molar-refractivity contribution >= 4 is 30.9 Å². The zero-order valence-corrected chi connectivity index (χ0v) is 17.1. The number of hydrogen-bond acceptors (Lipinski definition) is 5. The summed E-state index contributed by atoms with van der Waals surface area (Å²) in [5, 5.41) is 0.572. The molecule has 0 atom stereocenters. The molecule has 0 spiro atoms. The van der Waals surface area contributed by atoms with Gasteiger partial charge < -0.3 is 0 Å². The van der Waals surface area contributed by atoms with Crippen LogP contribution in [0.2, 0.25) is 0 Å². The monoisotopic (exact) mass is 419 g/mol. The number of fused-ring (bicyclic) bond motifs is 1. The Morgan fingerprint density at radius 3 is 2.29 bits per heavy atom. The van der Waals surface area contributed by atoms with E-state index in [9.17, 15) is 16.8 Å². The van der Waals surface area contributed by atoms with Crippen LogP contribution in [0.5, 0.6) is 0 Å². The number of nitrogens with zero attached hydrogens (tertiary/aromatic N) is 1. The van der Waals surface area contributed by atoms with Gasteiger partial charge in [0.2, 0.25) is 20.0 Å². The minimum absolute atomic E-state index is 0.0943. The predicted octanol–water partition coefficient (Wildman–Crippen LogP) is 2.07. The van der Waals surface area contributed by atoms with Crippen LogP contribution in [0.4, 0.5) is 0 Å². The SMILES string of the molecule is CNS(=O)(=O)Cc1ccc(CNS(=O)(=O)c2ccc(C)c3ncccc23)cc1. The smallest absolute Gasteiger partial charge is 0.241 e. The largest absolute Gasteiger partial charge is 0.256 e. The number of aryl methyl sites for hydroxylation is 1. The van der Waals surface area contributed by atoms with Crippen LogP contribution in [0.25, 0.3) is 10.9 Å². The molecule has 1 heterocycles. The van der Waals surface area contributed by atoms with E-state index in [4.69, 9.17) is 0 Å². The Morgan fingerprint density at radius 1 is 0.929 bits per heavy atom. The molecule has 0 unspecified atom stereocenters. The predicted molar refractivity (Wildman–Crippen MR) is 109 cm³/mol. The molecule has 9 heteroatoms. The van der Waals surface area contributed by atoms with Gasteiger partial charge in [0.15, 0.2) is 0 Å². The number of nitrogens with one attached hydrogen (secondary N) is 2. The number of benzene rings is 2. The lowest BCUT2D eigenvalue weighted by molar-refractivity contribution is 0.582. The molecule has 28 heavy (non-hydrogen) atoms. The van der Waals surface area contributed by atoms with Crippen LogP contribution in [0.3, 0.4) is 0 Å². The molecule has 0 aliphatic carbocycles. The summed E-state index contributed by atoms with van der Waals surface area (Å²) >= 11 is 0. The van der Waals surface area contributed by atoms with Crippen LogP contribution >= 0.6 is 0 Å². The highest BCUT2D eigenvalue weighted by Crippen LogP contribution is 2.24. The van der Waals surface area contributed by atoms with Gasteiger partial charge in [-0.05, 0) is 48.9 Å². The molecule has 0 amide bonds. The summed E-state index contributed by atoms with van der Waals surface area (Å²) in [5.74, 6) is -0.127. The summed E-state index contributed by atoms with van der Waals surface area (Å²) in [7, 11) is -5.73. The molecular formula is C19H21N3O4S2. The van der Waals surface area contributed by atoms with Gasteiger partial charge in [0.05, 0.1) is 16.2 Å². The van der Waals surface area contributed by atoms with E-state index in [1.807, 2.05) is 6.92 Å². The summed E-state index contributed by atoms with van der Waals surface area (Å²) in [6.45, 7) is 1.98. The highest BCUT2D eigenvalue weighted by molar-refractivity contribution is 7.89. The average molecular weight is 420 g/mol. The lowest BCUT2D eigenvalue weighted by atomic mass is 10.1. The lowest BCUT2D eigenvalue weighted by Crippen LogP contribution is -2.23. The maximum Gasteiger partial charge on any atom is 0.241 e. The molecule has 0 aliphatic rings. The minimum Gasteiger partial charge on any atom is -0.256 e. The van der Waals surface area contributed by atoms with Gasteiger partial charge in [-0.25, -0.2) is 26.3 Å². The average Bonchev–Trinajstić information content (AvgIpc) is 2.67. The van der Waals surface area contributed by atoms with Crippen molar-refractivity contribution < 1.29 is 16.8 Å². The first-order chi connectivity index (χ1) is 13.2. The molecule has 3 rings (SSSR count). The second kappa shape index (κ2) is 7.96. The van der Waals surface area contributed by atoms with Crippen molar-refractivity contribution in [2.75, 3.05) is 7.05 Å². The number of aromatic nitrogens is 1. The summed E-state index contributed by atoms with van der Waals surface area (Å²) in [6.07, 6.45) is 1.63. The van der Waals surface area contributed by atoms with Crippen molar-refractivity contribution in [3.8, 4) is 0 Å². The first-order valence-corrected chi connectivity index (χ1v) is 11.7. The van der Waals surface area contributed by atoms with Crippen LogP contribution in [-0.2, 0) is 32.3 Å². The highest BCUT2D eigenvalue weighted by atomic mass is 32.2. The van der Waals surface area contributed by atoms with Gasteiger partial charge in [-0.15, -0.1) is 0 Å².